The van der Waals surface area contributed by atoms with Gasteiger partial charge in [0.25, 0.3) is 0 Å². The minimum Gasteiger partial charge on any atom is -0.469 e. The summed E-state index contributed by atoms with van der Waals surface area (Å²) in [5, 5.41) is 0. The number of sulfonamides is 1. The number of hydrogen-bond donors (Lipinski definition) is 2. The van der Waals surface area contributed by atoms with Gasteiger partial charge in [-0.25, -0.2) is 13.1 Å². The van der Waals surface area contributed by atoms with Gasteiger partial charge in [0.05, 0.1) is 11.2 Å². The fourth-order valence-electron chi connectivity index (χ4n) is 1.72. The molecule has 7 heteroatoms. The van der Waals surface area contributed by atoms with Crippen molar-refractivity contribution in [1.82, 2.24) is 4.72 Å². The van der Waals surface area contributed by atoms with Crippen molar-refractivity contribution in [3.8, 4) is 0 Å². The van der Waals surface area contributed by atoms with Crippen LogP contribution in [-0.4, -0.2) is 15.0 Å². The molecule has 20 heavy (non-hydrogen) atoms. The molecule has 5 nitrogen and oxygen atoms in total. The van der Waals surface area contributed by atoms with Gasteiger partial charge in [0.15, 0.2) is 0 Å². The van der Waals surface area contributed by atoms with E-state index < -0.39 is 10.0 Å². The van der Waals surface area contributed by atoms with Crippen LogP contribution < -0.4 is 10.5 Å². The molecule has 0 fully saturated rings. The second-order valence-corrected chi connectivity index (χ2v) is 6.79. The van der Waals surface area contributed by atoms with Crippen LogP contribution in [0.4, 0.5) is 0 Å². The Bertz CT molecular complexity index is 669. The van der Waals surface area contributed by atoms with E-state index in [1.165, 1.54) is 0 Å². The predicted molar refractivity (Wildman–Crippen MR) is 79.6 cm³/mol. The molecular weight excluding hydrogens is 344 g/mol. The zero-order valence-electron chi connectivity index (χ0n) is 10.7. The van der Waals surface area contributed by atoms with E-state index in [1.54, 1.807) is 36.6 Å². The Labute approximate surface area is 126 Å². The molecular formula is C13H15BrN2O3S. The first-order valence-corrected chi connectivity index (χ1v) is 8.31. The van der Waals surface area contributed by atoms with Crippen LogP contribution in [0.2, 0.25) is 0 Å². The lowest BCUT2D eigenvalue weighted by Gasteiger charge is -2.09. The molecule has 0 aliphatic rings. The second-order valence-electron chi connectivity index (χ2n) is 4.20. The monoisotopic (exact) mass is 358 g/mol. The van der Waals surface area contributed by atoms with Gasteiger partial charge >= 0.3 is 0 Å². The summed E-state index contributed by atoms with van der Waals surface area (Å²) < 4.78 is 32.7. The molecule has 0 aliphatic heterocycles. The van der Waals surface area contributed by atoms with Crippen molar-refractivity contribution < 1.29 is 12.8 Å². The smallest absolute Gasteiger partial charge is 0.241 e. The van der Waals surface area contributed by atoms with Gasteiger partial charge in [-0.15, -0.1) is 0 Å². The Morgan fingerprint density at radius 2 is 2.10 bits per heavy atom. The zero-order valence-corrected chi connectivity index (χ0v) is 13.1. The minimum atomic E-state index is -3.57. The average Bonchev–Trinajstić information content (AvgIpc) is 2.92. The zero-order chi connectivity index (χ0) is 14.6. The lowest BCUT2D eigenvalue weighted by molar-refractivity contribution is 0.506. The molecule has 0 unspecified atom stereocenters. The van der Waals surface area contributed by atoms with E-state index >= 15 is 0 Å². The van der Waals surface area contributed by atoms with Gasteiger partial charge in [-0.3, -0.25) is 0 Å². The van der Waals surface area contributed by atoms with E-state index in [9.17, 15) is 8.42 Å². The number of rotatable bonds is 6. The van der Waals surface area contributed by atoms with Gasteiger partial charge in [0.1, 0.15) is 5.76 Å². The van der Waals surface area contributed by atoms with Crippen molar-refractivity contribution in [2.24, 2.45) is 5.73 Å². The summed E-state index contributed by atoms with van der Waals surface area (Å²) in [7, 11) is -3.57. The van der Waals surface area contributed by atoms with E-state index in [1.807, 2.05) is 0 Å². The van der Waals surface area contributed by atoms with Crippen LogP contribution in [-0.2, 0) is 23.0 Å². The van der Waals surface area contributed by atoms with E-state index in [0.29, 0.717) is 17.4 Å². The molecule has 3 N–H and O–H groups in total. The highest BCUT2D eigenvalue weighted by atomic mass is 79.9. The Kier molecular flexibility index (Phi) is 4.98. The van der Waals surface area contributed by atoms with Gasteiger partial charge in [-0.2, -0.15) is 0 Å². The molecule has 0 radical (unpaired) electrons. The van der Waals surface area contributed by atoms with E-state index in [2.05, 4.69) is 20.7 Å². The van der Waals surface area contributed by atoms with Gasteiger partial charge < -0.3 is 10.2 Å². The van der Waals surface area contributed by atoms with Crippen molar-refractivity contribution >= 4 is 26.0 Å². The Balaban J connectivity index is 2.09. The molecule has 1 heterocycles. The van der Waals surface area contributed by atoms with Gasteiger partial charge in [0.2, 0.25) is 10.0 Å². The maximum absolute atomic E-state index is 12.2. The number of nitrogens with one attached hydrogen (secondary N) is 1. The summed E-state index contributed by atoms with van der Waals surface area (Å²) in [6, 6.07) is 8.61. The third kappa shape index (κ3) is 3.69. The number of benzene rings is 1. The fraction of sp³-hybridized carbons (Fsp3) is 0.231. The molecule has 108 valence electrons. The number of furan rings is 1. The fourth-order valence-corrected chi connectivity index (χ4v) is 3.77. The van der Waals surface area contributed by atoms with Gasteiger partial charge in [0, 0.05) is 24.0 Å². The van der Waals surface area contributed by atoms with Crippen LogP contribution in [0.5, 0.6) is 0 Å². The van der Waals surface area contributed by atoms with Crippen LogP contribution in [0.1, 0.15) is 11.3 Å². The number of hydrogen-bond acceptors (Lipinski definition) is 4. The molecule has 1 aromatic carbocycles. The van der Waals surface area contributed by atoms with Crippen LogP contribution >= 0.6 is 15.9 Å². The summed E-state index contributed by atoms with van der Waals surface area (Å²) >= 11 is 3.25. The first-order valence-electron chi connectivity index (χ1n) is 6.03. The van der Waals surface area contributed by atoms with Crippen molar-refractivity contribution in [2.75, 3.05) is 6.54 Å². The largest absolute Gasteiger partial charge is 0.469 e. The molecule has 0 saturated heterocycles. The van der Waals surface area contributed by atoms with Crippen LogP contribution in [0.3, 0.4) is 0 Å². The highest BCUT2D eigenvalue weighted by Crippen LogP contribution is 2.23. The van der Waals surface area contributed by atoms with Crippen LogP contribution in [0, 0.1) is 0 Å². The SMILES string of the molecule is NCc1ccc(Br)c(S(=O)(=O)NCCc2ccco2)c1. The van der Waals surface area contributed by atoms with Crippen LogP contribution in [0.15, 0.2) is 50.4 Å². The lowest BCUT2D eigenvalue weighted by atomic mass is 10.2. The molecule has 0 bridgehead atoms. The number of halogens is 1. The summed E-state index contributed by atoms with van der Waals surface area (Å²) in [5.41, 5.74) is 6.30. The quantitative estimate of drug-likeness (QED) is 0.826. The molecule has 0 saturated carbocycles. The average molecular weight is 359 g/mol. The second kappa shape index (κ2) is 6.53. The molecule has 2 rings (SSSR count). The highest BCUT2D eigenvalue weighted by Gasteiger charge is 2.17. The third-order valence-corrected chi connectivity index (χ3v) is 5.22. The molecule has 0 aliphatic carbocycles. The topological polar surface area (TPSA) is 85.3 Å². The van der Waals surface area contributed by atoms with Crippen molar-refractivity contribution in [2.45, 2.75) is 17.9 Å². The predicted octanol–water partition coefficient (Wildman–Crippen LogP) is 2.02. The van der Waals surface area contributed by atoms with E-state index in [4.69, 9.17) is 10.2 Å². The maximum atomic E-state index is 12.2. The molecule has 2 aromatic rings. The molecule has 1 aromatic heterocycles. The summed E-state index contributed by atoms with van der Waals surface area (Å²) in [6.45, 7) is 0.567. The minimum absolute atomic E-state index is 0.194. The van der Waals surface area contributed by atoms with Crippen LogP contribution in [0.25, 0.3) is 0 Å². The van der Waals surface area contributed by atoms with Crippen molar-refractivity contribution in [3.63, 3.8) is 0 Å². The molecule has 0 amide bonds. The van der Waals surface area contributed by atoms with Crippen molar-refractivity contribution in [1.29, 1.82) is 0 Å². The van der Waals surface area contributed by atoms with Crippen molar-refractivity contribution in [3.05, 3.63) is 52.4 Å². The molecule has 0 atom stereocenters. The first kappa shape index (κ1) is 15.2. The number of nitrogens with two attached hydrogens (primary N) is 1. The van der Waals surface area contributed by atoms with Gasteiger partial charge in [-0.05, 0) is 45.8 Å². The lowest BCUT2D eigenvalue weighted by Crippen LogP contribution is -2.26. The van der Waals surface area contributed by atoms with Gasteiger partial charge in [-0.1, -0.05) is 6.07 Å². The first-order chi connectivity index (χ1) is 9.53. The Morgan fingerprint density at radius 3 is 2.75 bits per heavy atom. The highest BCUT2D eigenvalue weighted by molar-refractivity contribution is 9.10. The normalized spacial score (nSPS) is 11.7. The molecule has 0 spiro atoms. The maximum Gasteiger partial charge on any atom is 0.241 e. The third-order valence-electron chi connectivity index (χ3n) is 2.76. The summed E-state index contributed by atoms with van der Waals surface area (Å²) in [6.07, 6.45) is 2.06. The Hall–Kier alpha value is -1.15. The summed E-state index contributed by atoms with van der Waals surface area (Å²) in [5.74, 6) is 0.738. The van der Waals surface area contributed by atoms with E-state index in [0.717, 1.165) is 11.3 Å². The van der Waals surface area contributed by atoms with E-state index in [-0.39, 0.29) is 11.4 Å². The summed E-state index contributed by atoms with van der Waals surface area (Å²) in [4.78, 5) is 0.194. The standard InChI is InChI=1S/C13H15BrN2O3S/c14-12-4-3-10(9-15)8-13(12)20(17,18)16-6-5-11-2-1-7-19-11/h1-4,7-8,16H,5-6,9,15H2. The Morgan fingerprint density at radius 1 is 1.30 bits per heavy atom.